The molecule has 0 atom stereocenters. The maximum atomic E-state index is 5.57. The van der Waals surface area contributed by atoms with Crippen LogP contribution in [0.2, 0.25) is 0 Å². The van der Waals surface area contributed by atoms with Crippen LogP contribution in [0.4, 0.5) is 5.82 Å². The molecule has 110 valence electrons. The van der Waals surface area contributed by atoms with E-state index in [2.05, 4.69) is 5.32 Å². The number of nitrogens with one attached hydrogen (secondary N) is 1. The van der Waals surface area contributed by atoms with Crippen molar-refractivity contribution in [3.8, 4) is 17.1 Å². The number of rotatable bonds is 4. The van der Waals surface area contributed by atoms with Crippen LogP contribution in [0.15, 0.2) is 24.3 Å². The highest BCUT2D eigenvalue weighted by atomic mass is 16.5. The first-order valence-electron chi connectivity index (χ1n) is 7.62. The van der Waals surface area contributed by atoms with Crippen LogP contribution in [0.25, 0.3) is 11.4 Å². The standard InChI is InChI=1S/C17H21N3O/c1-3-21-13-8-6-7-12(11-13)16-19-15-10-5-4-9-14(15)17(18-2)20-16/h6-8,11H,3-5,9-10H2,1-2H3,(H,18,19,20). The van der Waals surface area contributed by atoms with Crippen LogP contribution in [0.1, 0.15) is 31.0 Å². The van der Waals surface area contributed by atoms with Crippen LogP contribution in [0, 0.1) is 0 Å². The Labute approximate surface area is 125 Å². The van der Waals surface area contributed by atoms with Gasteiger partial charge < -0.3 is 10.1 Å². The van der Waals surface area contributed by atoms with Gasteiger partial charge in [-0.05, 0) is 44.7 Å². The van der Waals surface area contributed by atoms with Gasteiger partial charge in [0.25, 0.3) is 0 Å². The molecule has 0 amide bonds. The van der Waals surface area contributed by atoms with Gasteiger partial charge in [0.05, 0.1) is 6.61 Å². The Bertz CT molecular complexity index is 623. The molecule has 21 heavy (non-hydrogen) atoms. The van der Waals surface area contributed by atoms with Crippen molar-refractivity contribution in [1.29, 1.82) is 0 Å². The Morgan fingerprint density at radius 3 is 2.86 bits per heavy atom. The molecule has 4 nitrogen and oxygen atoms in total. The van der Waals surface area contributed by atoms with E-state index in [1.165, 1.54) is 24.1 Å². The fraction of sp³-hybridized carbons (Fsp3) is 0.412. The van der Waals surface area contributed by atoms with Gasteiger partial charge in [0.15, 0.2) is 5.82 Å². The second kappa shape index (κ2) is 6.12. The van der Waals surface area contributed by atoms with Crippen molar-refractivity contribution in [1.82, 2.24) is 9.97 Å². The van der Waals surface area contributed by atoms with Crippen molar-refractivity contribution < 1.29 is 4.74 Å². The first kappa shape index (κ1) is 13.9. The molecule has 3 rings (SSSR count). The van der Waals surface area contributed by atoms with Gasteiger partial charge >= 0.3 is 0 Å². The molecule has 2 aromatic rings. The number of nitrogens with zero attached hydrogens (tertiary/aromatic N) is 2. The minimum atomic E-state index is 0.663. The molecule has 4 heteroatoms. The number of aromatic nitrogens is 2. The predicted molar refractivity (Wildman–Crippen MR) is 84.8 cm³/mol. The maximum Gasteiger partial charge on any atom is 0.161 e. The third-order valence-electron chi connectivity index (χ3n) is 3.82. The van der Waals surface area contributed by atoms with Crippen LogP contribution in [0.3, 0.4) is 0 Å². The number of hydrogen-bond acceptors (Lipinski definition) is 4. The summed E-state index contributed by atoms with van der Waals surface area (Å²) in [5.74, 6) is 2.61. The Morgan fingerprint density at radius 2 is 2.05 bits per heavy atom. The molecule has 0 aliphatic heterocycles. The van der Waals surface area contributed by atoms with Gasteiger partial charge in [-0.3, -0.25) is 0 Å². The minimum Gasteiger partial charge on any atom is -0.494 e. The molecule has 0 saturated heterocycles. The topological polar surface area (TPSA) is 47.0 Å². The molecule has 1 N–H and O–H groups in total. The van der Waals surface area contributed by atoms with E-state index in [-0.39, 0.29) is 0 Å². The normalized spacial score (nSPS) is 13.6. The maximum absolute atomic E-state index is 5.57. The van der Waals surface area contributed by atoms with Crippen LogP contribution in [0.5, 0.6) is 5.75 Å². The van der Waals surface area contributed by atoms with Gasteiger partial charge in [0.1, 0.15) is 11.6 Å². The molecule has 1 aromatic carbocycles. The average Bonchev–Trinajstić information content (AvgIpc) is 2.54. The number of hydrogen-bond donors (Lipinski definition) is 1. The van der Waals surface area contributed by atoms with Crippen molar-refractivity contribution >= 4 is 5.82 Å². The first-order chi connectivity index (χ1) is 10.3. The van der Waals surface area contributed by atoms with Crippen LogP contribution >= 0.6 is 0 Å². The predicted octanol–water partition coefficient (Wildman–Crippen LogP) is 3.46. The number of fused-ring (bicyclic) bond motifs is 1. The molecule has 1 aliphatic rings. The number of ether oxygens (including phenoxy) is 1. The summed E-state index contributed by atoms with van der Waals surface area (Å²) < 4.78 is 5.57. The number of aryl methyl sites for hydroxylation is 1. The van der Waals surface area contributed by atoms with E-state index >= 15 is 0 Å². The molecule has 0 bridgehead atoms. The van der Waals surface area contributed by atoms with Gasteiger partial charge in [0.2, 0.25) is 0 Å². The fourth-order valence-electron chi connectivity index (χ4n) is 2.82. The molecule has 0 saturated carbocycles. The van der Waals surface area contributed by atoms with E-state index in [1.807, 2.05) is 38.2 Å². The highest BCUT2D eigenvalue weighted by molar-refractivity contribution is 5.61. The SMILES string of the molecule is CCOc1cccc(-c2nc3c(c(NC)n2)CCCC3)c1. The zero-order valence-electron chi connectivity index (χ0n) is 12.6. The third kappa shape index (κ3) is 2.84. The molecule has 1 aliphatic carbocycles. The monoisotopic (exact) mass is 283 g/mol. The average molecular weight is 283 g/mol. The van der Waals surface area contributed by atoms with Crippen molar-refractivity contribution in [3.05, 3.63) is 35.5 Å². The highest BCUT2D eigenvalue weighted by Crippen LogP contribution is 2.29. The molecule has 0 spiro atoms. The van der Waals surface area contributed by atoms with E-state index in [0.29, 0.717) is 6.61 Å². The van der Waals surface area contributed by atoms with E-state index in [0.717, 1.165) is 35.8 Å². The van der Waals surface area contributed by atoms with E-state index in [9.17, 15) is 0 Å². The third-order valence-corrected chi connectivity index (χ3v) is 3.82. The molecule has 0 radical (unpaired) electrons. The van der Waals surface area contributed by atoms with Gasteiger partial charge in [-0.25, -0.2) is 9.97 Å². The summed E-state index contributed by atoms with van der Waals surface area (Å²) in [5, 5.41) is 3.22. The molecular formula is C17H21N3O. The van der Waals surface area contributed by atoms with Crippen molar-refractivity contribution in [2.45, 2.75) is 32.6 Å². The van der Waals surface area contributed by atoms with Gasteiger partial charge in [0, 0.05) is 23.9 Å². The Hall–Kier alpha value is -2.10. The first-order valence-corrected chi connectivity index (χ1v) is 7.62. The summed E-state index contributed by atoms with van der Waals surface area (Å²) in [6, 6.07) is 7.99. The molecule has 0 unspecified atom stereocenters. The smallest absolute Gasteiger partial charge is 0.161 e. The van der Waals surface area contributed by atoms with Gasteiger partial charge in [-0.15, -0.1) is 0 Å². The molecule has 0 fully saturated rings. The lowest BCUT2D eigenvalue weighted by atomic mass is 9.96. The van der Waals surface area contributed by atoms with Gasteiger partial charge in [-0.1, -0.05) is 12.1 Å². The van der Waals surface area contributed by atoms with Crippen LogP contribution < -0.4 is 10.1 Å². The second-order valence-corrected chi connectivity index (χ2v) is 5.24. The lowest BCUT2D eigenvalue weighted by Gasteiger charge is -2.19. The van der Waals surface area contributed by atoms with Crippen molar-refractivity contribution in [3.63, 3.8) is 0 Å². The van der Waals surface area contributed by atoms with Crippen LogP contribution in [-0.4, -0.2) is 23.6 Å². The zero-order valence-corrected chi connectivity index (χ0v) is 12.6. The molecule has 1 aromatic heterocycles. The lowest BCUT2D eigenvalue weighted by Crippen LogP contribution is -2.11. The quantitative estimate of drug-likeness (QED) is 0.933. The number of anilines is 1. The van der Waals surface area contributed by atoms with Gasteiger partial charge in [-0.2, -0.15) is 0 Å². The second-order valence-electron chi connectivity index (χ2n) is 5.24. The summed E-state index contributed by atoms with van der Waals surface area (Å²) in [5.41, 5.74) is 3.48. The number of benzene rings is 1. The summed E-state index contributed by atoms with van der Waals surface area (Å²) in [4.78, 5) is 9.48. The Morgan fingerprint density at radius 1 is 1.19 bits per heavy atom. The van der Waals surface area contributed by atoms with Crippen molar-refractivity contribution in [2.24, 2.45) is 0 Å². The molecule has 1 heterocycles. The molecular weight excluding hydrogens is 262 g/mol. The van der Waals surface area contributed by atoms with E-state index in [4.69, 9.17) is 14.7 Å². The summed E-state index contributed by atoms with van der Waals surface area (Å²) in [6.45, 7) is 2.65. The zero-order chi connectivity index (χ0) is 14.7. The Kier molecular flexibility index (Phi) is 4.04. The Balaban J connectivity index is 2.04. The highest BCUT2D eigenvalue weighted by Gasteiger charge is 2.17. The lowest BCUT2D eigenvalue weighted by molar-refractivity contribution is 0.340. The fourth-order valence-corrected chi connectivity index (χ4v) is 2.82. The largest absolute Gasteiger partial charge is 0.494 e. The summed E-state index contributed by atoms with van der Waals surface area (Å²) in [6.07, 6.45) is 4.56. The summed E-state index contributed by atoms with van der Waals surface area (Å²) >= 11 is 0. The van der Waals surface area contributed by atoms with E-state index < -0.39 is 0 Å². The van der Waals surface area contributed by atoms with Crippen molar-refractivity contribution in [2.75, 3.05) is 19.0 Å². The summed E-state index contributed by atoms with van der Waals surface area (Å²) in [7, 11) is 1.93. The minimum absolute atomic E-state index is 0.663. The van der Waals surface area contributed by atoms with Crippen LogP contribution in [-0.2, 0) is 12.8 Å². The van der Waals surface area contributed by atoms with E-state index in [1.54, 1.807) is 0 Å².